The van der Waals surface area contributed by atoms with Crippen molar-refractivity contribution in [1.29, 1.82) is 0 Å². The monoisotopic (exact) mass is 422 g/mol. The Morgan fingerprint density at radius 3 is 2.66 bits per heavy atom. The lowest BCUT2D eigenvalue weighted by Gasteiger charge is -2.26. The van der Waals surface area contributed by atoms with Crippen molar-refractivity contribution < 1.29 is 4.79 Å². The molecule has 0 aromatic heterocycles. The van der Waals surface area contributed by atoms with Crippen LogP contribution in [0.4, 0.5) is 5.69 Å². The molecule has 0 unspecified atom stereocenters. The molecule has 0 aliphatic carbocycles. The Morgan fingerprint density at radius 1 is 1.03 bits per heavy atom. The minimum atomic E-state index is 0.0396. The smallest absolute Gasteiger partial charge is 0.234 e. The molecule has 0 saturated carbocycles. The predicted octanol–water partition coefficient (Wildman–Crippen LogP) is 5.43. The molecule has 1 heterocycles. The lowest BCUT2D eigenvalue weighted by molar-refractivity contribution is -0.113. The van der Waals surface area contributed by atoms with E-state index in [0.717, 1.165) is 35.8 Å². The first kappa shape index (κ1) is 20.3. The van der Waals surface area contributed by atoms with Crippen molar-refractivity contribution >= 4 is 45.9 Å². The first-order valence-corrected chi connectivity index (χ1v) is 12.1. The van der Waals surface area contributed by atoms with Crippen molar-refractivity contribution in [2.75, 3.05) is 35.7 Å². The molecule has 1 saturated heterocycles. The van der Waals surface area contributed by atoms with Crippen molar-refractivity contribution in [1.82, 2.24) is 4.90 Å². The van der Waals surface area contributed by atoms with E-state index in [2.05, 4.69) is 58.7 Å². The number of aryl methyl sites for hydroxylation is 1. The number of amides is 1. The SMILES string of the molecule is Cc1ccc(CN2CCSCC2)cc1NC(=O)CSc1ccc2ccccc2c1. The molecule has 0 atom stereocenters. The fraction of sp³-hybridized carbons (Fsp3) is 0.292. The maximum Gasteiger partial charge on any atom is 0.234 e. The van der Waals surface area contributed by atoms with E-state index in [-0.39, 0.29) is 5.91 Å². The van der Waals surface area contributed by atoms with E-state index in [1.54, 1.807) is 11.8 Å². The van der Waals surface area contributed by atoms with Gasteiger partial charge in [-0.05, 0) is 47.0 Å². The molecule has 1 amide bonds. The average Bonchev–Trinajstić information content (AvgIpc) is 2.75. The molecule has 150 valence electrons. The van der Waals surface area contributed by atoms with E-state index in [9.17, 15) is 4.79 Å². The third kappa shape index (κ3) is 5.56. The standard InChI is InChI=1S/C24H26N2OS2/c1-18-6-7-19(16-26-10-12-28-13-11-26)14-23(18)25-24(27)17-29-22-9-8-20-4-2-3-5-21(20)15-22/h2-9,14-15H,10-13,16-17H2,1H3,(H,25,27). The molecular weight excluding hydrogens is 396 g/mol. The molecule has 1 aliphatic heterocycles. The van der Waals surface area contributed by atoms with E-state index in [1.165, 1.54) is 27.8 Å². The van der Waals surface area contributed by atoms with Gasteiger partial charge in [0.15, 0.2) is 0 Å². The van der Waals surface area contributed by atoms with E-state index in [1.807, 2.05) is 30.8 Å². The molecular formula is C24H26N2OS2. The predicted molar refractivity (Wildman–Crippen MR) is 127 cm³/mol. The molecule has 0 spiro atoms. The number of fused-ring (bicyclic) bond motifs is 1. The van der Waals surface area contributed by atoms with Gasteiger partial charge < -0.3 is 5.32 Å². The Hall–Kier alpha value is -1.95. The van der Waals surface area contributed by atoms with Gasteiger partial charge >= 0.3 is 0 Å². The minimum Gasteiger partial charge on any atom is -0.325 e. The summed E-state index contributed by atoms with van der Waals surface area (Å²) in [4.78, 5) is 16.2. The maximum atomic E-state index is 12.6. The van der Waals surface area contributed by atoms with Gasteiger partial charge in [0.1, 0.15) is 0 Å². The largest absolute Gasteiger partial charge is 0.325 e. The third-order valence-electron chi connectivity index (χ3n) is 5.18. The number of nitrogens with one attached hydrogen (secondary N) is 1. The summed E-state index contributed by atoms with van der Waals surface area (Å²) in [6, 6.07) is 21.1. The number of carbonyl (C=O) groups excluding carboxylic acids is 1. The normalized spacial score (nSPS) is 14.8. The van der Waals surface area contributed by atoms with E-state index in [0.29, 0.717) is 5.75 Å². The van der Waals surface area contributed by atoms with Gasteiger partial charge in [-0.3, -0.25) is 9.69 Å². The van der Waals surface area contributed by atoms with Gasteiger partial charge in [-0.25, -0.2) is 0 Å². The molecule has 0 radical (unpaired) electrons. The summed E-state index contributed by atoms with van der Waals surface area (Å²) in [5.74, 6) is 2.87. The number of nitrogens with zero attached hydrogens (tertiary/aromatic N) is 1. The van der Waals surface area contributed by atoms with Crippen LogP contribution in [0.15, 0.2) is 65.6 Å². The molecule has 29 heavy (non-hydrogen) atoms. The van der Waals surface area contributed by atoms with Gasteiger partial charge in [-0.15, -0.1) is 11.8 Å². The van der Waals surface area contributed by atoms with Crippen LogP contribution in [0.2, 0.25) is 0 Å². The summed E-state index contributed by atoms with van der Waals surface area (Å²) >= 11 is 3.60. The van der Waals surface area contributed by atoms with Crippen LogP contribution in [0.3, 0.4) is 0 Å². The average molecular weight is 423 g/mol. The summed E-state index contributed by atoms with van der Waals surface area (Å²) in [5.41, 5.74) is 3.30. The lowest BCUT2D eigenvalue weighted by atomic mass is 10.1. The second-order valence-corrected chi connectivity index (χ2v) is 9.66. The first-order chi connectivity index (χ1) is 14.2. The van der Waals surface area contributed by atoms with Crippen LogP contribution in [0.25, 0.3) is 10.8 Å². The Bertz CT molecular complexity index is 999. The number of thioether (sulfide) groups is 2. The van der Waals surface area contributed by atoms with Gasteiger partial charge in [-0.2, -0.15) is 11.8 Å². The molecule has 1 aliphatic rings. The lowest BCUT2D eigenvalue weighted by Crippen LogP contribution is -2.32. The van der Waals surface area contributed by atoms with Gasteiger partial charge in [0.2, 0.25) is 5.91 Å². The van der Waals surface area contributed by atoms with Gasteiger partial charge in [-0.1, -0.05) is 42.5 Å². The van der Waals surface area contributed by atoms with E-state index < -0.39 is 0 Å². The summed E-state index contributed by atoms with van der Waals surface area (Å²) in [5, 5.41) is 5.54. The molecule has 3 aromatic rings. The Morgan fingerprint density at radius 2 is 1.83 bits per heavy atom. The van der Waals surface area contributed by atoms with Crippen molar-refractivity contribution in [2.45, 2.75) is 18.4 Å². The van der Waals surface area contributed by atoms with Crippen molar-refractivity contribution in [3.63, 3.8) is 0 Å². The number of hydrogen-bond donors (Lipinski definition) is 1. The molecule has 5 heteroatoms. The quantitative estimate of drug-likeness (QED) is 0.537. The Labute approximate surface area is 181 Å². The second kappa shape index (κ2) is 9.70. The number of anilines is 1. The highest BCUT2D eigenvalue weighted by Crippen LogP contribution is 2.25. The molecule has 3 aromatic carbocycles. The number of rotatable bonds is 6. The van der Waals surface area contributed by atoms with Crippen LogP contribution in [-0.2, 0) is 11.3 Å². The van der Waals surface area contributed by atoms with Crippen LogP contribution in [0.1, 0.15) is 11.1 Å². The van der Waals surface area contributed by atoms with Crippen LogP contribution in [0.5, 0.6) is 0 Å². The highest BCUT2D eigenvalue weighted by molar-refractivity contribution is 8.00. The number of hydrogen-bond acceptors (Lipinski definition) is 4. The summed E-state index contributed by atoms with van der Waals surface area (Å²) in [6.07, 6.45) is 0. The fourth-order valence-electron chi connectivity index (χ4n) is 3.51. The van der Waals surface area contributed by atoms with Crippen molar-refractivity contribution in [3.05, 3.63) is 71.8 Å². The van der Waals surface area contributed by atoms with Crippen LogP contribution in [-0.4, -0.2) is 41.2 Å². The summed E-state index contributed by atoms with van der Waals surface area (Å²) in [6.45, 7) is 5.29. The van der Waals surface area contributed by atoms with Crippen LogP contribution < -0.4 is 5.32 Å². The highest BCUT2D eigenvalue weighted by Gasteiger charge is 2.12. The minimum absolute atomic E-state index is 0.0396. The fourth-order valence-corrected chi connectivity index (χ4v) is 5.24. The zero-order valence-electron chi connectivity index (χ0n) is 16.7. The van der Waals surface area contributed by atoms with Crippen LogP contribution in [0, 0.1) is 6.92 Å². The topological polar surface area (TPSA) is 32.3 Å². The molecule has 4 rings (SSSR count). The van der Waals surface area contributed by atoms with Crippen molar-refractivity contribution in [3.8, 4) is 0 Å². The Balaban J connectivity index is 1.36. The zero-order valence-corrected chi connectivity index (χ0v) is 18.3. The van der Waals surface area contributed by atoms with Crippen LogP contribution >= 0.6 is 23.5 Å². The molecule has 1 fully saturated rings. The first-order valence-electron chi connectivity index (χ1n) is 9.98. The third-order valence-corrected chi connectivity index (χ3v) is 7.11. The second-order valence-electron chi connectivity index (χ2n) is 7.38. The van der Waals surface area contributed by atoms with E-state index >= 15 is 0 Å². The maximum absolute atomic E-state index is 12.6. The van der Waals surface area contributed by atoms with Gasteiger partial charge in [0, 0.05) is 41.7 Å². The number of carbonyl (C=O) groups is 1. The van der Waals surface area contributed by atoms with Crippen molar-refractivity contribution in [2.24, 2.45) is 0 Å². The summed E-state index contributed by atoms with van der Waals surface area (Å²) in [7, 11) is 0. The zero-order chi connectivity index (χ0) is 20.1. The molecule has 3 nitrogen and oxygen atoms in total. The van der Waals surface area contributed by atoms with Gasteiger partial charge in [0.05, 0.1) is 5.75 Å². The van der Waals surface area contributed by atoms with E-state index in [4.69, 9.17) is 0 Å². The molecule has 0 bridgehead atoms. The Kier molecular flexibility index (Phi) is 6.80. The van der Waals surface area contributed by atoms with Gasteiger partial charge in [0.25, 0.3) is 0 Å². The highest BCUT2D eigenvalue weighted by atomic mass is 32.2. The number of benzene rings is 3. The summed E-state index contributed by atoms with van der Waals surface area (Å²) < 4.78 is 0. The molecule has 1 N–H and O–H groups in total.